The zero-order chi connectivity index (χ0) is 13.8. The normalized spacial score (nSPS) is 10.3. The zero-order valence-corrected chi connectivity index (χ0v) is 12.5. The summed E-state index contributed by atoms with van der Waals surface area (Å²) < 4.78 is 0.923. The van der Waals surface area contributed by atoms with Gasteiger partial charge in [0.05, 0.1) is 5.69 Å². The first kappa shape index (κ1) is 13.7. The summed E-state index contributed by atoms with van der Waals surface area (Å²) in [6.45, 7) is 2.34. The van der Waals surface area contributed by atoms with Gasteiger partial charge in [0.1, 0.15) is 0 Å². The maximum absolute atomic E-state index is 11.3. The summed E-state index contributed by atoms with van der Waals surface area (Å²) in [6, 6.07) is 9.63. The molecule has 19 heavy (non-hydrogen) atoms. The molecule has 0 aliphatic rings. The van der Waals surface area contributed by atoms with E-state index < -0.39 is 0 Å². The Kier molecular flexibility index (Phi) is 4.32. The van der Waals surface area contributed by atoms with Crippen LogP contribution in [0, 0.1) is 0 Å². The summed E-state index contributed by atoms with van der Waals surface area (Å²) in [4.78, 5) is 17.6. The maximum atomic E-state index is 11.3. The van der Waals surface area contributed by atoms with E-state index in [1.165, 1.54) is 0 Å². The van der Waals surface area contributed by atoms with E-state index in [0.717, 1.165) is 22.3 Å². The molecule has 2 rings (SSSR count). The molecular weight excluding hydrogens is 304 g/mol. The molecule has 2 aromatic rings. The smallest absolute Gasteiger partial charge is 0.159 e. The van der Waals surface area contributed by atoms with Gasteiger partial charge in [0.15, 0.2) is 5.78 Å². The highest BCUT2D eigenvalue weighted by molar-refractivity contribution is 9.10. The zero-order valence-electron chi connectivity index (χ0n) is 10.9. The second-order valence-electron chi connectivity index (χ2n) is 4.44. The molecule has 0 unspecified atom stereocenters. The highest BCUT2D eigenvalue weighted by atomic mass is 79.9. The fourth-order valence-electron chi connectivity index (χ4n) is 1.89. The molecule has 0 radical (unpaired) electrons. The fraction of sp³-hybridized carbons (Fsp3) is 0.200. The first-order valence-electron chi connectivity index (χ1n) is 5.98. The first-order chi connectivity index (χ1) is 9.08. The van der Waals surface area contributed by atoms with Crippen molar-refractivity contribution in [1.29, 1.82) is 0 Å². The van der Waals surface area contributed by atoms with Crippen molar-refractivity contribution in [1.82, 2.24) is 4.98 Å². The second-order valence-corrected chi connectivity index (χ2v) is 5.29. The Morgan fingerprint density at radius 1 is 1.37 bits per heavy atom. The first-order valence-corrected chi connectivity index (χ1v) is 6.78. The van der Waals surface area contributed by atoms with E-state index in [-0.39, 0.29) is 5.78 Å². The summed E-state index contributed by atoms with van der Waals surface area (Å²) >= 11 is 3.52. The predicted molar refractivity (Wildman–Crippen MR) is 80.5 cm³/mol. The quantitative estimate of drug-likeness (QED) is 0.806. The molecule has 3 nitrogen and oxygen atoms in total. The number of benzene rings is 1. The predicted octanol–water partition coefficient (Wildman–Crippen LogP) is 3.68. The number of rotatable bonds is 4. The van der Waals surface area contributed by atoms with E-state index in [2.05, 4.69) is 25.8 Å². The van der Waals surface area contributed by atoms with Crippen molar-refractivity contribution in [2.24, 2.45) is 0 Å². The summed E-state index contributed by atoms with van der Waals surface area (Å²) in [5.41, 5.74) is 2.91. The van der Waals surface area contributed by atoms with Gasteiger partial charge in [-0.25, -0.2) is 0 Å². The van der Waals surface area contributed by atoms with Crippen LogP contribution in [0.5, 0.6) is 0 Å². The summed E-state index contributed by atoms with van der Waals surface area (Å²) in [5, 5.41) is 0. The number of hydrogen-bond acceptors (Lipinski definition) is 3. The van der Waals surface area contributed by atoms with Gasteiger partial charge in [-0.05, 0) is 52.7 Å². The lowest BCUT2D eigenvalue weighted by molar-refractivity contribution is 0.101. The van der Waals surface area contributed by atoms with Gasteiger partial charge in [-0.1, -0.05) is 6.07 Å². The number of ketones is 1. The Labute approximate surface area is 121 Å². The van der Waals surface area contributed by atoms with Gasteiger partial charge < -0.3 is 4.90 Å². The fourth-order valence-corrected chi connectivity index (χ4v) is 2.57. The average molecular weight is 319 g/mol. The van der Waals surface area contributed by atoms with Crippen LogP contribution in [-0.2, 0) is 6.54 Å². The molecule has 1 aromatic heterocycles. The number of carbonyl (C=O) groups excluding carboxylic acids is 1. The van der Waals surface area contributed by atoms with Crippen LogP contribution in [-0.4, -0.2) is 17.8 Å². The van der Waals surface area contributed by atoms with Crippen molar-refractivity contribution in [3.8, 4) is 0 Å². The number of hydrogen-bond donors (Lipinski definition) is 0. The van der Waals surface area contributed by atoms with Crippen LogP contribution in [0.15, 0.2) is 47.2 Å². The van der Waals surface area contributed by atoms with Gasteiger partial charge in [0.2, 0.25) is 0 Å². The van der Waals surface area contributed by atoms with E-state index >= 15 is 0 Å². The molecule has 0 aliphatic carbocycles. The van der Waals surface area contributed by atoms with E-state index in [4.69, 9.17) is 0 Å². The Morgan fingerprint density at radius 3 is 2.74 bits per heavy atom. The summed E-state index contributed by atoms with van der Waals surface area (Å²) in [7, 11) is 2.01. The van der Waals surface area contributed by atoms with Crippen LogP contribution in [0.25, 0.3) is 0 Å². The van der Waals surface area contributed by atoms with Crippen LogP contribution < -0.4 is 4.90 Å². The van der Waals surface area contributed by atoms with Crippen molar-refractivity contribution in [2.75, 3.05) is 11.9 Å². The van der Waals surface area contributed by atoms with E-state index in [1.807, 2.05) is 43.6 Å². The average Bonchev–Trinajstić information content (AvgIpc) is 2.39. The Bertz CT molecular complexity index is 584. The molecule has 98 valence electrons. The SMILES string of the molecule is CC(=O)c1ccc(N(C)Cc2cccnc2)c(Br)c1. The minimum Gasteiger partial charge on any atom is -0.369 e. The molecule has 0 saturated heterocycles. The number of aromatic nitrogens is 1. The van der Waals surface area contributed by atoms with Gasteiger partial charge in [-0.3, -0.25) is 9.78 Å². The van der Waals surface area contributed by atoms with Crippen molar-refractivity contribution < 1.29 is 4.79 Å². The maximum Gasteiger partial charge on any atom is 0.159 e. The summed E-state index contributed by atoms with van der Waals surface area (Å²) in [6.07, 6.45) is 3.62. The lowest BCUT2D eigenvalue weighted by atomic mass is 10.1. The molecule has 1 heterocycles. The number of pyridine rings is 1. The third kappa shape index (κ3) is 3.41. The van der Waals surface area contributed by atoms with Gasteiger partial charge >= 0.3 is 0 Å². The second kappa shape index (κ2) is 5.97. The molecular formula is C15H15BrN2O. The van der Waals surface area contributed by atoms with E-state index in [0.29, 0.717) is 5.56 Å². The van der Waals surface area contributed by atoms with Crippen LogP contribution in [0.3, 0.4) is 0 Å². The van der Waals surface area contributed by atoms with Crippen molar-refractivity contribution >= 4 is 27.4 Å². The standard InChI is InChI=1S/C15H15BrN2O/c1-11(19)13-5-6-15(14(16)8-13)18(2)10-12-4-3-7-17-9-12/h3-9H,10H2,1-2H3. The van der Waals surface area contributed by atoms with Crippen molar-refractivity contribution in [3.63, 3.8) is 0 Å². The van der Waals surface area contributed by atoms with Gasteiger partial charge in [0, 0.05) is 36.0 Å². The molecule has 0 amide bonds. The lowest BCUT2D eigenvalue weighted by Gasteiger charge is -2.21. The van der Waals surface area contributed by atoms with Crippen LogP contribution >= 0.6 is 15.9 Å². The van der Waals surface area contributed by atoms with Crippen molar-refractivity contribution in [2.45, 2.75) is 13.5 Å². The number of Topliss-reactive ketones (excluding diaryl/α,β-unsaturated/α-hetero) is 1. The number of carbonyl (C=O) groups is 1. The van der Waals surface area contributed by atoms with Gasteiger partial charge in [-0.2, -0.15) is 0 Å². The minimum absolute atomic E-state index is 0.0714. The third-order valence-corrected chi connectivity index (χ3v) is 3.54. The van der Waals surface area contributed by atoms with Gasteiger partial charge in [0.25, 0.3) is 0 Å². The molecule has 1 aromatic carbocycles. The summed E-state index contributed by atoms with van der Waals surface area (Å²) in [5.74, 6) is 0.0714. The Morgan fingerprint density at radius 2 is 2.16 bits per heavy atom. The molecule has 0 saturated carbocycles. The molecule has 0 spiro atoms. The van der Waals surface area contributed by atoms with Crippen LogP contribution in [0.1, 0.15) is 22.8 Å². The topological polar surface area (TPSA) is 33.2 Å². The molecule has 0 fully saturated rings. The molecule has 0 N–H and O–H groups in total. The third-order valence-electron chi connectivity index (χ3n) is 2.91. The number of nitrogens with zero attached hydrogens (tertiary/aromatic N) is 2. The van der Waals surface area contributed by atoms with Crippen molar-refractivity contribution in [3.05, 3.63) is 58.3 Å². The number of halogens is 1. The van der Waals surface area contributed by atoms with E-state index in [1.54, 1.807) is 13.1 Å². The molecule has 4 heteroatoms. The van der Waals surface area contributed by atoms with Gasteiger partial charge in [-0.15, -0.1) is 0 Å². The highest BCUT2D eigenvalue weighted by Gasteiger charge is 2.09. The lowest BCUT2D eigenvalue weighted by Crippen LogP contribution is -2.17. The monoisotopic (exact) mass is 318 g/mol. The molecule has 0 atom stereocenters. The molecule has 0 aliphatic heterocycles. The van der Waals surface area contributed by atoms with E-state index in [9.17, 15) is 4.79 Å². The Hall–Kier alpha value is -1.68. The largest absolute Gasteiger partial charge is 0.369 e. The minimum atomic E-state index is 0.0714. The number of anilines is 1. The van der Waals surface area contributed by atoms with Crippen LogP contribution in [0.2, 0.25) is 0 Å². The highest BCUT2D eigenvalue weighted by Crippen LogP contribution is 2.27. The Balaban J connectivity index is 2.20. The molecule has 0 bridgehead atoms. The van der Waals surface area contributed by atoms with Crippen LogP contribution in [0.4, 0.5) is 5.69 Å².